The molecule has 2 heterocycles. The van der Waals surface area contributed by atoms with E-state index < -0.39 is 0 Å². The van der Waals surface area contributed by atoms with Gasteiger partial charge in [-0.05, 0) is 29.3 Å². The minimum atomic E-state index is 0.234. The molecular formula is C18H15ClN6O. The lowest BCUT2D eigenvalue weighted by atomic mass is 10.1. The van der Waals surface area contributed by atoms with Gasteiger partial charge in [0.15, 0.2) is 0 Å². The standard InChI is InChI=1S/C18H15ClN6O/c1-2-12-7-9-13(10-8-12)17-21-24-25(22-17)11-16-20-18(23-26-16)14-5-3-4-6-15(14)19/h3-10H,2,11H2,1H3. The summed E-state index contributed by atoms with van der Waals surface area (Å²) in [6.07, 6.45) is 0.991. The summed E-state index contributed by atoms with van der Waals surface area (Å²) < 4.78 is 5.27. The third-order valence-corrected chi connectivity index (χ3v) is 4.26. The lowest BCUT2D eigenvalue weighted by Gasteiger charge is -1.97. The quantitative estimate of drug-likeness (QED) is 0.536. The van der Waals surface area contributed by atoms with Gasteiger partial charge in [-0.2, -0.15) is 9.78 Å². The summed E-state index contributed by atoms with van der Waals surface area (Å²) in [6.45, 7) is 2.35. The highest BCUT2D eigenvalue weighted by molar-refractivity contribution is 6.33. The second-order valence-corrected chi connectivity index (χ2v) is 6.09. The van der Waals surface area contributed by atoms with E-state index in [1.807, 2.05) is 30.3 Å². The van der Waals surface area contributed by atoms with Crippen molar-refractivity contribution in [3.63, 3.8) is 0 Å². The van der Waals surface area contributed by atoms with Crippen LogP contribution in [0.25, 0.3) is 22.8 Å². The highest BCUT2D eigenvalue weighted by Crippen LogP contribution is 2.25. The number of hydrogen-bond donors (Lipinski definition) is 0. The monoisotopic (exact) mass is 366 g/mol. The van der Waals surface area contributed by atoms with E-state index in [4.69, 9.17) is 16.1 Å². The molecule has 2 aromatic heterocycles. The number of rotatable bonds is 5. The van der Waals surface area contributed by atoms with Gasteiger partial charge in [-0.15, -0.1) is 10.2 Å². The zero-order valence-corrected chi connectivity index (χ0v) is 14.8. The summed E-state index contributed by atoms with van der Waals surface area (Å²) in [5, 5.41) is 17.0. The van der Waals surface area contributed by atoms with Gasteiger partial charge in [0.25, 0.3) is 5.89 Å². The number of aryl methyl sites for hydroxylation is 1. The molecule has 0 bridgehead atoms. The topological polar surface area (TPSA) is 82.5 Å². The van der Waals surface area contributed by atoms with Gasteiger partial charge in [-0.25, -0.2) is 0 Å². The van der Waals surface area contributed by atoms with E-state index in [0.29, 0.717) is 28.1 Å². The van der Waals surface area contributed by atoms with Crippen LogP contribution in [-0.2, 0) is 13.0 Å². The fourth-order valence-electron chi connectivity index (χ4n) is 2.51. The molecular weight excluding hydrogens is 352 g/mol. The Morgan fingerprint density at radius 1 is 1.04 bits per heavy atom. The van der Waals surface area contributed by atoms with Crippen LogP contribution in [0.4, 0.5) is 0 Å². The van der Waals surface area contributed by atoms with E-state index in [2.05, 4.69) is 44.6 Å². The molecule has 0 radical (unpaired) electrons. The van der Waals surface area contributed by atoms with Crippen molar-refractivity contribution >= 4 is 11.6 Å². The van der Waals surface area contributed by atoms with Crippen LogP contribution in [0.3, 0.4) is 0 Å². The molecule has 0 aliphatic carbocycles. The van der Waals surface area contributed by atoms with Crippen LogP contribution in [0.15, 0.2) is 53.1 Å². The highest BCUT2D eigenvalue weighted by atomic mass is 35.5. The van der Waals surface area contributed by atoms with Gasteiger partial charge in [0.05, 0.1) is 5.02 Å². The molecule has 0 aliphatic rings. The zero-order chi connectivity index (χ0) is 17.9. The summed E-state index contributed by atoms with van der Waals surface area (Å²) in [6, 6.07) is 15.4. The second-order valence-electron chi connectivity index (χ2n) is 5.69. The van der Waals surface area contributed by atoms with Crippen LogP contribution in [0.5, 0.6) is 0 Å². The van der Waals surface area contributed by atoms with Crippen LogP contribution in [0, 0.1) is 0 Å². The highest BCUT2D eigenvalue weighted by Gasteiger charge is 2.13. The molecule has 0 N–H and O–H groups in total. The maximum atomic E-state index is 6.16. The fourth-order valence-corrected chi connectivity index (χ4v) is 2.73. The van der Waals surface area contributed by atoms with Crippen LogP contribution in [0.1, 0.15) is 18.4 Å². The molecule has 0 saturated carbocycles. The van der Waals surface area contributed by atoms with Crippen molar-refractivity contribution in [3.8, 4) is 22.8 Å². The predicted molar refractivity (Wildman–Crippen MR) is 96.5 cm³/mol. The molecule has 8 heteroatoms. The molecule has 0 atom stereocenters. The van der Waals surface area contributed by atoms with Crippen LogP contribution in [0.2, 0.25) is 5.02 Å². The number of halogens is 1. The summed E-state index contributed by atoms with van der Waals surface area (Å²) >= 11 is 6.16. The minimum Gasteiger partial charge on any atom is -0.337 e. The van der Waals surface area contributed by atoms with Gasteiger partial charge in [-0.3, -0.25) is 0 Å². The zero-order valence-electron chi connectivity index (χ0n) is 14.0. The van der Waals surface area contributed by atoms with Gasteiger partial charge in [0, 0.05) is 11.1 Å². The van der Waals surface area contributed by atoms with Gasteiger partial charge < -0.3 is 4.52 Å². The van der Waals surface area contributed by atoms with E-state index in [-0.39, 0.29) is 6.54 Å². The van der Waals surface area contributed by atoms with E-state index in [9.17, 15) is 0 Å². The van der Waals surface area contributed by atoms with Crippen LogP contribution in [-0.4, -0.2) is 30.3 Å². The van der Waals surface area contributed by atoms with Crippen molar-refractivity contribution in [2.45, 2.75) is 19.9 Å². The maximum Gasteiger partial charge on any atom is 0.250 e. The molecule has 4 rings (SSSR count). The van der Waals surface area contributed by atoms with Gasteiger partial charge in [-0.1, -0.05) is 60.1 Å². The molecule has 0 spiro atoms. The number of nitrogens with zero attached hydrogens (tertiary/aromatic N) is 6. The van der Waals surface area contributed by atoms with Gasteiger partial charge >= 0.3 is 0 Å². The first-order valence-corrected chi connectivity index (χ1v) is 8.55. The van der Waals surface area contributed by atoms with Crippen molar-refractivity contribution in [1.82, 2.24) is 30.3 Å². The van der Waals surface area contributed by atoms with Crippen LogP contribution < -0.4 is 0 Å². The second kappa shape index (κ2) is 7.05. The molecule has 26 heavy (non-hydrogen) atoms. The molecule has 0 amide bonds. The Morgan fingerprint density at radius 2 is 1.85 bits per heavy atom. The molecule has 0 fully saturated rings. The molecule has 4 aromatic rings. The lowest BCUT2D eigenvalue weighted by Crippen LogP contribution is -2.04. The Hall–Kier alpha value is -3.06. The molecule has 0 saturated heterocycles. The predicted octanol–water partition coefficient (Wildman–Crippen LogP) is 3.65. The molecule has 0 unspecified atom stereocenters. The Bertz CT molecular complexity index is 1020. The first kappa shape index (κ1) is 16.4. The lowest BCUT2D eigenvalue weighted by molar-refractivity contribution is 0.356. The Balaban J connectivity index is 1.52. The number of benzene rings is 2. The van der Waals surface area contributed by atoms with E-state index in [1.54, 1.807) is 6.07 Å². The number of hydrogen-bond acceptors (Lipinski definition) is 6. The molecule has 130 valence electrons. The minimum absolute atomic E-state index is 0.234. The van der Waals surface area contributed by atoms with Gasteiger partial charge in [0.2, 0.25) is 11.6 Å². The van der Waals surface area contributed by atoms with Crippen molar-refractivity contribution in [3.05, 3.63) is 65.0 Å². The van der Waals surface area contributed by atoms with E-state index >= 15 is 0 Å². The van der Waals surface area contributed by atoms with Crippen molar-refractivity contribution < 1.29 is 4.52 Å². The average molecular weight is 367 g/mol. The maximum absolute atomic E-state index is 6.16. The fraction of sp³-hybridized carbons (Fsp3) is 0.167. The van der Waals surface area contributed by atoms with E-state index in [0.717, 1.165) is 12.0 Å². The summed E-state index contributed by atoms with van der Waals surface area (Å²) in [7, 11) is 0. The van der Waals surface area contributed by atoms with Crippen molar-refractivity contribution in [2.75, 3.05) is 0 Å². The molecule has 7 nitrogen and oxygen atoms in total. The molecule has 2 aromatic carbocycles. The van der Waals surface area contributed by atoms with Gasteiger partial charge in [0.1, 0.15) is 6.54 Å². The third kappa shape index (κ3) is 3.34. The largest absolute Gasteiger partial charge is 0.337 e. The Morgan fingerprint density at radius 3 is 2.62 bits per heavy atom. The Labute approximate surface area is 154 Å². The van der Waals surface area contributed by atoms with E-state index in [1.165, 1.54) is 10.4 Å². The van der Waals surface area contributed by atoms with Crippen LogP contribution >= 0.6 is 11.6 Å². The van der Waals surface area contributed by atoms with Crippen molar-refractivity contribution in [1.29, 1.82) is 0 Å². The third-order valence-electron chi connectivity index (χ3n) is 3.93. The SMILES string of the molecule is CCc1ccc(-c2nnn(Cc3nc(-c4ccccc4Cl)no3)n2)cc1. The number of tetrazole rings is 1. The first-order valence-electron chi connectivity index (χ1n) is 8.17. The average Bonchev–Trinajstić information content (AvgIpc) is 3.32. The van der Waals surface area contributed by atoms with Crippen molar-refractivity contribution in [2.24, 2.45) is 0 Å². The summed E-state index contributed by atoms with van der Waals surface area (Å²) in [5.74, 6) is 1.37. The number of aromatic nitrogens is 6. The summed E-state index contributed by atoms with van der Waals surface area (Å²) in [4.78, 5) is 5.77. The first-order chi connectivity index (χ1) is 12.7. The molecule has 0 aliphatic heterocycles. The Kier molecular flexibility index (Phi) is 4.45. The normalized spacial score (nSPS) is 11.0. The smallest absolute Gasteiger partial charge is 0.250 e. The summed E-state index contributed by atoms with van der Waals surface area (Å²) in [5.41, 5.74) is 2.89.